The average Bonchev–Trinajstić information content (AvgIpc) is 2.59. The number of carboxylic acids is 1. The molecule has 1 aromatic rings. The predicted octanol–water partition coefficient (Wildman–Crippen LogP) is -0.118. The van der Waals surface area contributed by atoms with Crippen molar-refractivity contribution >= 4 is 23.2 Å². The van der Waals surface area contributed by atoms with Crippen molar-refractivity contribution in [1.82, 2.24) is 5.48 Å². The van der Waals surface area contributed by atoms with Crippen molar-refractivity contribution in [3.63, 3.8) is 0 Å². The molecule has 0 fully saturated rings. The monoisotopic (exact) mass is 244 g/mol. The number of hydrogen-bond acceptors (Lipinski definition) is 5. The Kier molecular flexibility index (Phi) is 4.90. The molecule has 6 nitrogen and oxygen atoms in total. The third-order valence-corrected chi connectivity index (χ3v) is 2.69. The Balaban J connectivity index is 2.29. The molecular formula is C9H12N2O4S. The van der Waals surface area contributed by atoms with Crippen LogP contribution in [0.25, 0.3) is 0 Å². The second-order valence-electron chi connectivity index (χ2n) is 3.01. The van der Waals surface area contributed by atoms with Crippen molar-refractivity contribution in [2.45, 2.75) is 13.0 Å². The van der Waals surface area contributed by atoms with E-state index in [2.05, 4.69) is 5.48 Å². The van der Waals surface area contributed by atoms with Gasteiger partial charge in [0.25, 0.3) is 0 Å². The molecule has 4 N–H and O–H groups in total. The van der Waals surface area contributed by atoms with Gasteiger partial charge in [0.05, 0.1) is 13.0 Å². The van der Waals surface area contributed by atoms with E-state index in [9.17, 15) is 9.59 Å². The summed E-state index contributed by atoms with van der Waals surface area (Å²) in [5.74, 6) is -1.41. The molecule has 16 heavy (non-hydrogen) atoms. The Hall–Kier alpha value is -1.44. The zero-order valence-corrected chi connectivity index (χ0v) is 9.25. The number of thiophene rings is 1. The third-order valence-electron chi connectivity index (χ3n) is 1.61. The highest BCUT2D eigenvalue weighted by molar-refractivity contribution is 7.12. The molecule has 0 radical (unpaired) electrons. The highest BCUT2D eigenvalue weighted by Crippen LogP contribution is 2.16. The van der Waals surface area contributed by atoms with Crippen LogP contribution in [0.2, 0.25) is 0 Å². The first-order valence-electron chi connectivity index (χ1n) is 4.50. The van der Waals surface area contributed by atoms with E-state index in [4.69, 9.17) is 15.7 Å². The van der Waals surface area contributed by atoms with Crippen molar-refractivity contribution in [1.29, 1.82) is 0 Å². The number of nitrogens with one attached hydrogen (secondary N) is 1. The SMILES string of the molecule is NC(=O)CONCc1ccc(CC(=O)O)s1. The van der Waals surface area contributed by atoms with Gasteiger partial charge in [-0.15, -0.1) is 11.3 Å². The van der Waals surface area contributed by atoms with E-state index in [0.717, 1.165) is 9.75 Å². The minimum Gasteiger partial charge on any atom is -0.481 e. The van der Waals surface area contributed by atoms with E-state index in [1.807, 2.05) is 6.07 Å². The summed E-state index contributed by atoms with van der Waals surface area (Å²) in [5.41, 5.74) is 7.43. The number of carbonyl (C=O) groups is 2. The lowest BCUT2D eigenvalue weighted by Crippen LogP contribution is -2.24. The highest BCUT2D eigenvalue weighted by atomic mass is 32.1. The van der Waals surface area contributed by atoms with Gasteiger partial charge in [-0.1, -0.05) is 0 Å². The number of amides is 1. The van der Waals surface area contributed by atoms with Gasteiger partial charge in [-0.2, -0.15) is 5.48 Å². The van der Waals surface area contributed by atoms with Crippen molar-refractivity contribution in [3.05, 3.63) is 21.9 Å². The number of primary amides is 1. The molecule has 0 aliphatic rings. The van der Waals surface area contributed by atoms with Gasteiger partial charge in [-0.25, -0.2) is 0 Å². The quantitative estimate of drug-likeness (QED) is 0.458. The average molecular weight is 244 g/mol. The zero-order valence-electron chi connectivity index (χ0n) is 8.43. The van der Waals surface area contributed by atoms with Crippen LogP contribution in [0, 0.1) is 0 Å². The summed E-state index contributed by atoms with van der Waals surface area (Å²) in [6.45, 7) is 0.227. The molecule has 0 aliphatic carbocycles. The van der Waals surface area contributed by atoms with Crippen molar-refractivity contribution in [2.24, 2.45) is 5.73 Å². The van der Waals surface area contributed by atoms with Gasteiger partial charge in [-0.05, 0) is 12.1 Å². The molecule has 0 aromatic carbocycles. The number of rotatable bonds is 7. The summed E-state index contributed by atoms with van der Waals surface area (Å²) < 4.78 is 0. The van der Waals surface area contributed by atoms with Crippen LogP contribution in [-0.4, -0.2) is 23.6 Å². The first-order valence-corrected chi connectivity index (χ1v) is 5.32. The summed E-state index contributed by atoms with van der Waals surface area (Å²) in [7, 11) is 0. The maximum absolute atomic E-state index is 10.4. The van der Waals surface area contributed by atoms with Gasteiger partial charge < -0.3 is 10.8 Å². The third kappa shape index (κ3) is 4.87. The van der Waals surface area contributed by atoms with E-state index >= 15 is 0 Å². The van der Waals surface area contributed by atoms with E-state index in [1.54, 1.807) is 6.07 Å². The molecule has 0 saturated heterocycles. The van der Waals surface area contributed by atoms with E-state index < -0.39 is 11.9 Å². The van der Waals surface area contributed by atoms with Crippen molar-refractivity contribution in [2.75, 3.05) is 6.61 Å². The lowest BCUT2D eigenvalue weighted by molar-refractivity contribution is -0.136. The van der Waals surface area contributed by atoms with Crippen LogP contribution in [0.5, 0.6) is 0 Å². The molecule has 0 atom stereocenters. The minimum atomic E-state index is -0.855. The Bertz CT molecular complexity index is 377. The summed E-state index contributed by atoms with van der Waals surface area (Å²) in [5, 5.41) is 8.57. The number of hydroxylamine groups is 1. The van der Waals surface area contributed by atoms with Gasteiger partial charge >= 0.3 is 5.97 Å². The summed E-state index contributed by atoms with van der Waals surface area (Å²) >= 11 is 1.38. The standard InChI is InChI=1S/C9H12N2O4S/c10-8(12)5-15-11-4-7-2-1-6(16-7)3-9(13)14/h1-2,11H,3-5H2,(H2,10,12)(H,13,14). The number of carbonyl (C=O) groups excluding carboxylic acids is 1. The van der Waals surface area contributed by atoms with Crippen LogP contribution in [-0.2, 0) is 27.4 Å². The molecule has 1 amide bonds. The van der Waals surface area contributed by atoms with Crippen LogP contribution in [0.1, 0.15) is 9.75 Å². The fourth-order valence-corrected chi connectivity index (χ4v) is 1.94. The highest BCUT2D eigenvalue weighted by Gasteiger charge is 2.04. The van der Waals surface area contributed by atoms with Gasteiger partial charge in [0.2, 0.25) is 5.91 Å². The number of carboxylic acid groups (broad SMARTS) is 1. The van der Waals surface area contributed by atoms with Gasteiger partial charge in [-0.3, -0.25) is 14.4 Å². The summed E-state index contributed by atoms with van der Waals surface area (Å²) in [6, 6.07) is 3.56. The lowest BCUT2D eigenvalue weighted by atomic mass is 10.3. The van der Waals surface area contributed by atoms with Crippen LogP contribution >= 0.6 is 11.3 Å². The minimum absolute atomic E-state index is 0.0206. The number of nitrogens with two attached hydrogens (primary N) is 1. The summed E-state index contributed by atoms with van der Waals surface area (Å²) in [4.78, 5) is 27.2. The fourth-order valence-electron chi connectivity index (χ4n) is 1.01. The molecule has 7 heteroatoms. The first-order chi connectivity index (χ1) is 7.58. The molecule has 0 unspecified atom stereocenters. The van der Waals surface area contributed by atoms with E-state index in [-0.39, 0.29) is 13.0 Å². The van der Waals surface area contributed by atoms with Gasteiger partial charge in [0.15, 0.2) is 0 Å². The second kappa shape index (κ2) is 6.21. The number of aliphatic carboxylic acids is 1. The molecule has 0 spiro atoms. The maximum atomic E-state index is 10.4. The largest absolute Gasteiger partial charge is 0.481 e. The van der Waals surface area contributed by atoms with E-state index in [1.165, 1.54) is 11.3 Å². The molecule has 1 heterocycles. The predicted molar refractivity (Wildman–Crippen MR) is 57.6 cm³/mol. The molecule has 0 saturated carbocycles. The normalized spacial score (nSPS) is 10.2. The smallest absolute Gasteiger partial charge is 0.308 e. The number of hydrogen-bond donors (Lipinski definition) is 3. The Morgan fingerprint density at radius 3 is 2.75 bits per heavy atom. The fraction of sp³-hybridized carbons (Fsp3) is 0.333. The molecule has 88 valence electrons. The van der Waals surface area contributed by atoms with Crippen molar-refractivity contribution in [3.8, 4) is 0 Å². The van der Waals surface area contributed by atoms with Gasteiger partial charge in [0, 0.05) is 9.75 Å². The summed E-state index contributed by atoms with van der Waals surface area (Å²) in [6.07, 6.45) is 0.0206. The van der Waals surface area contributed by atoms with E-state index in [0.29, 0.717) is 6.54 Å². The van der Waals surface area contributed by atoms with Crippen LogP contribution in [0.15, 0.2) is 12.1 Å². The second-order valence-corrected chi connectivity index (χ2v) is 4.27. The Morgan fingerprint density at radius 1 is 1.44 bits per heavy atom. The molecule has 0 bridgehead atoms. The zero-order chi connectivity index (χ0) is 12.0. The van der Waals surface area contributed by atoms with Crippen molar-refractivity contribution < 1.29 is 19.5 Å². The Morgan fingerprint density at radius 2 is 2.12 bits per heavy atom. The maximum Gasteiger partial charge on any atom is 0.308 e. The van der Waals surface area contributed by atoms with Gasteiger partial charge in [0.1, 0.15) is 6.61 Å². The van der Waals surface area contributed by atoms with Crippen LogP contribution in [0.4, 0.5) is 0 Å². The van der Waals surface area contributed by atoms with Crippen LogP contribution in [0.3, 0.4) is 0 Å². The Labute approximate surface area is 96.0 Å². The van der Waals surface area contributed by atoms with Crippen LogP contribution < -0.4 is 11.2 Å². The molecular weight excluding hydrogens is 232 g/mol. The molecule has 1 rings (SSSR count). The lowest BCUT2D eigenvalue weighted by Gasteiger charge is -2.01. The topological polar surface area (TPSA) is 102 Å². The molecule has 1 aromatic heterocycles. The molecule has 0 aliphatic heterocycles. The first kappa shape index (κ1) is 12.6.